The minimum Gasteiger partial charge on any atom is -0.469 e. The van der Waals surface area contributed by atoms with Gasteiger partial charge in [-0.3, -0.25) is 10.1 Å². The molecule has 0 saturated heterocycles. The van der Waals surface area contributed by atoms with Crippen molar-refractivity contribution in [3.05, 3.63) is 47.7 Å². The first-order valence-corrected chi connectivity index (χ1v) is 7.39. The molecule has 0 aromatic heterocycles. The van der Waals surface area contributed by atoms with Gasteiger partial charge in [-0.1, -0.05) is 36.4 Å². The highest BCUT2D eigenvalue weighted by atomic mass is 16.6. The molecule has 1 aromatic rings. The first-order valence-electron chi connectivity index (χ1n) is 7.39. The van der Waals surface area contributed by atoms with Crippen LogP contribution in [0.1, 0.15) is 24.8 Å². The molecule has 1 amide bonds. The normalized spacial score (nSPS) is 10.7. The van der Waals surface area contributed by atoms with Crippen molar-refractivity contribution in [3.8, 4) is 0 Å². The molecule has 24 heavy (non-hydrogen) atoms. The first-order chi connectivity index (χ1) is 11.6. The molecule has 1 rings (SSSR count). The quantitative estimate of drug-likeness (QED) is 0.339. The van der Waals surface area contributed by atoms with Gasteiger partial charge in [-0.15, -0.1) is 0 Å². The van der Waals surface area contributed by atoms with E-state index in [-0.39, 0.29) is 24.7 Å². The maximum atomic E-state index is 11.8. The van der Waals surface area contributed by atoms with Crippen molar-refractivity contribution in [1.29, 1.82) is 0 Å². The second-order valence-corrected chi connectivity index (χ2v) is 4.76. The zero-order chi connectivity index (χ0) is 17.8. The third-order valence-corrected chi connectivity index (χ3v) is 3.02. The number of carbonyl (C=O) groups excluding carboxylic acids is 3. The number of hydrogen-bond donors (Lipinski definition) is 1. The number of esters is 2. The van der Waals surface area contributed by atoms with Crippen LogP contribution in [0.3, 0.4) is 0 Å². The van der Waals surface area contributed by atoms with Crippen LogP contribution in [0.25, 0.3) is 0 Å². The fourth-order valence-electron chi connectivity index (χ4n) is 1.76. The van der Waals surface area contributed by atoms with Crippen LogP contribution >= 0.6 is 0 Å². The molecule has 7 heteroatoms. The maximum absolute atomic E-state index is 11.8. The largest absolute Gasteiger partial charge is 0.469 e. The van der Waals surface area contributed by atoms with Crippen LogP contribution < -0.4 is 5.32 Å². The van der Waals surface area contributed by atoms with Gasteiger partial charge in [0.2, 0.25) is 0 Å². The monoisotopic (exact) mass is 335 g/mol. The minimum atomic E-state index is -0.761. The molecule has 130 valence electrons. The number of hydrogen-bond acceptors (Lipinski definition) is 6. The summed E-state index contributed by atoms with van der Waals surface area (Å²) in [6.07, 6.45) is 1.83. The molecule has 0 aliphatic carbocycles. The van der Waals surface area contributed by atoms with Crippen molar-refractivity contribution >= 4 is 18.0 Å². The summed E-state index contributed by atoms with van der Waals surface area (Å²) in [5.41, 5.74) is 0.801. The highest BCUT2D eigenvalue weighted by Crippen LogP contribution is 2.05. The standard InChI is InChI=1S/C17H21NO6/c1-22-15(19)11-7-6-10-14(16(20)23-2)18-17(21)24-12-13-8-4-3-5-9-13/h3-5,8-10H,6-7,11-12H2,1-2H3,(H,18,21)/b14-10+. The fourth-order valence-corrected chi connectivity index (χ4v) is 1.76. The summed E-state index contributed by atoms with van der Waals surface area (Å²) >= 11 is 0. The Morgan fingerprint density at radius 2 is 1.79 bits per heavy atom. The number of carbonyl (C=O) groups is 3. The Kier molecular flexibility index (Phi) is 8.67. The van der Waals surface area contributed by atoms with Gasteiger partial charge in [0.25, 0.3) is 0 Å². The van der Waals surface area contributed by atoms with E-state index in [0.29, 0.717) is 12.8 Å². The number of rotatable bonds is 8. The highest BCUT2D eigenvalue weighted by Gasteiger charge is 2.14. The predicted molar refractivity (Wildman–Crippen MR) is 85.7 cm³/mol. The summed E-state index contributed by atoms with van der Waals surface area (Å²) in [6, 6.07) is 9.15. The number of unbranched alkanes of at least 4 members (excludes halogenated alkanes) is 1. The van der Waals surface area contributed by atoms with E-state index in [4.69, 9.17) is 4.74 Å². The molecular weight excluding hydrogens is 314 g/mol. The summed E-state index contributed by atoms with van der Waals surface area (Å²) in [6.45, 7) is 0.0868. The molecule has 7 nitrogen and oxygen atoms in total. The first kappa shape index (κ1) is 19.2. The van der Waals surface area contributed by atoms with E-state index in [2.05, 4.69) is 14.8 Å². The summed E-state index contributed by atoms with van der Waals surface area (Å²) < 4.78 is 14.2. The third kappa shape index (κ3) is 7.44. The molecule has 1 aromatic carbocycles. The third-order valence-electron chi connectivity index (χ3n) is 3.02. The smallest absolute Gasteiger partial charge is 0.412 e. The molecule has 0 heterocycles. The Labute approximate surface area is 140 Å². The molecule has 0 fully saturated rings. The van der Waals surface area contributed by atoms with Gasteiger partial charge in [-0.2, -0.15) is 0 Å². The minimum absolute atomic E-state index is 0.0274. The van der Waals surface area contributed by atoms with Crippen LogP contribution in [-0.2, 0) is 30.4 Å². The van der Waals surface area contributed by atoms with Gasteiger partial charge >= 0.3 is 18.0 Å². The lowest BCUT2D eigenvalue weighted by molar-refractivity contribution is -0.140. The van der Waals surface area contributed by atoms with Crippen molar-refractivity contribution in [1.82, 2.24) is 5.32 Å². The van der Waals surface area contributed by atoms with E-state index in [9.17, 15) is 14.4 Å². The molecule has 0 unspecified atom stereocenters. The van der Waals surface area contributed by atoms with Gasteiger partial charge in [0.1, 0.15) is 12.3 Å². The van der Waals surface area contributed by atoms with Crippen LogP contribution in [0.5, 0.6) is 0 Å². The number of methoxy groups -OCH3 is 2. The Morgan fingerprint density at radius 1 is 1.08 bits per heavy atom. The van der Waals surface area contributed by atoms with Crippen molar-refractivity contribution in [2.24, 2.45) is 0 Å². The summed E-state index contributed by atoms with van der Waals surface area (Å²) in [4.78, 5) is 34.5. The van der Waals surface area contributed by atoms with Crippen LogP contribution in [-0.4, -0.2) is 32.3 Å². The molecule has 0 radical (unpaired) electrons. The van der Waals surface area contributed by atoms with Gasteiger partial charge in [0.05, 0.1) is 14.2 Å². The molecule has 0 aliphatic rings. The average molecular weight is 335 g/mol. The van der Waals surface area contributed by atoms with Crippen molar-refractivity contribution in [2.75, 3.05) is 14.2 Å². The zero-order valence-electron chi connectivity index (χ0n) is 13.7. The second kappa shape index (κ2) is 10.8. The molecule has 0 atom stereocenters. The van der Waals surface area contributed by atoms with Crippen LogP contribution in [0.2, 0.25) is 0 Å². The van der Waals surface area contributed by atoms with Gasteiger partial charge in [-0.05, 0) is 18.4 Å². The topological polar surface area (TPSA) is 90.9 Å². The van der Waals surface area contributed by atoms with E-state index in [1.807, 2.05) is 30.3 Å². The van der Waals surface area contributed by atoms with E-state index in [1.165, 1.54) is 20.3 Å². The second-order valence-electron chi connectivity index (χ2n) is 4.76. The van der Waals surface area contributed by atoms with Crippen molar-refractivity contribution in [3.63, 3.8) is 0 Å². The predicted octanol–water partition coefficient (Wildman–Crippen LogP) is 2.31. The average Bonchev–Trinajstić information content (AvgIpc) is 2.62. The molecular formula is C17H21NO6. The lowest BCUT2D eigenvalue weighted by atomic mass is 10.2. The van der Waals surface area contributed by atoms with Gasteiger partial charge in [0, 0.05) is 6.42 Å². The molecule has 0 saturated carbocycles. The Bertz CT molecular complexity index is 582. The van der Waals surface area contributed by atoms with Crippen LogP contribution in [0, 0.1) is 0 Å². The number of amides is 1. The van der Waals surface area contributed by atoms with E-state index >= 15 is 0 Å². The lowest BCUT2D eigenvalue weighted by Crippen LogP contribution is -2.28. The number of alkyl carbamates (subject to hydrolysis) is 1. The Morgan fingerprint density at radius 3 is 2.42 bits per heavy atom. The van der Waals surface area contributed by atoms with E-state index in [1.54, 1.807) is 0 Å². The van der Waals surface area contributed by atoms with Gasteiger partial charge in [0.15, 0.2) is 0 Å². The van der Waals surface area contributed by atoms with Crippen molar-refractivity contribution in [2.45, 2.75) is 25.9 Å². The van der Waals surface area contributed by atoms with Gasteiger partial charge < -0.3 is 14.2 Å². The molecule has 0 spiro atoms. The lowest BCUT2D eigenvalue weighted by Gasteiger charge is -2.09. The van der Waals surface area contributed by atoms with Crippen LogP contribution in [0.15, 0.2) is 42.1 Å². The van der Waals surface area contributed by atoms with Gasteiger partial charge in [-0.25, -0.2) is 9.59 Å². The summed E-state index contributed by atoms with van der Waals surface area (Å²) in [5, 5.41) is 2.35. The summed E-state index contributed by atoms with van der Waals surface area (Å²) in [7, 11) is 2.52. The Hall–Kier alpha value is -2.83. The van der Waals surface area contributed by atoms with Crippen LogP contribution in [0.4, 0.5) is 4.79 Å². The Balaban J connectivity index is 2.50. The fraction of sp³-hybridized carbons (Fsp3) is 0.353. The molecule has 0 aliphatic heterocycles. The van der Waals surface area contributed by atoms with Crippen molar-refractivity contribution < 1.29 is 28.6 Å². The number of nitrogens with one attached hydrogen (secondary N) is 1. The molecule has 0 bridgehead atoms. The zero-order valence-corrected chi connectivity index (χ0v) is 13.7. The SMILES string of the molecule is COC(=O)CCC/C=C(/NC(=O)OCc1ccccc1)C(=O)OC. The number of ether oxygens (including phenoxy) is 3. The molecule has 1 N–H and O–H groups in total. The number of benzene rings is 1. The number of allylic oxidation sites excluding steroid dienone is 1. The highest BCUT2D eigenvalue weighted by molar-refractivity contribution is 5.92. The van der Waals surface area contributed by atoms with E-state index < -0.39 is 12.1 Å². The van der Waals surface area contributed by atoms with E-state index in [0.717, 1.165) is 5.56 Å². The maximum Gasteiger partial charge on any atom is 0.412 e. The summed E-state index contributed by atoms with van der Waals surface area (Å²) in [5.74, 6) is -1.03.